The van der Waals surface area contributed by atoms with Gasteiger partial charge in [-0.05, 0) is 38.4 Å². The van der Waals surface area contributed by atoms with Gasteiger partial charge in [0.25, 0.3) is 0 Å². The minimum absolute atomic E-state index is 0.813. The SMILES string of the molecule is CCN(CCNCc1cn[nH]c1-c1ccc(C)o1)C1CC1. The van der Waals surface area contributed by atoms with Gasteiger partial charge in [-0.15, -0.1) is 0 Å². The Labute approximate surface area is 125 Å². The maximum absolute atomic E-state index is 5.66. The summed E-state index contributed by atoms with van der Waals surface area (Å²) in [6.07, 6.45) is 4.62. The fourth-order valence-corrected chi connectivity index (χ4v) is 2.71. The second-order valence-electron chi connectivity index (χ2n) is 5.72. The fraction of sp³-hybridized carbons (Fsp3) is 0.562. The summed E-state index contributed by atoms with van der Waals surface area (Å²) in [4.78, 5) is 2.55. The summed E-state index contributed by atoms with van der Waals surface area (Å²) < 4.78 is 5.66. The zero-order chi connectivity index (χ0) is 14.7. The molecule has 0 amide bonds. The van der Waals surface area contributed by atoms with E-state index in [2.05, 4.69) is 27.3 Å². The van der Waals surface area contributed by atoms with E-state index in [1.165, 1.54) is 12.8 Å². The molecule has 2 N–H and O–H groups in total. The van der Waals surface area contributed by atoms with Crippen LogP contribution in [0.25, 0.3) is 11.5 Å². The second-order valence-corrected chi connectivity index (χ2v) is 5.72. The van der Waals surface area contributed by atoms with Crippen LogP contribution in [0.3, 0.4) is 0 Å². The van der Waals surface area contributed by atoms with Crippen molar-refractivity contribution in [2.24, 2.45) is 0 Å². The lowest BCUT2D eigenvalue weighted by Crippen LogP contribution is -2.33. The first-order valence-corrected chi connectivity index (χ1v) is 7.81. The van der Waals surface area contributed by atoms with Crippen molar-refractivity contribution in [3.05, 3.63) is 29.7 Å². The number of hydrogen-bond acceptors (Lipinski definition) is 4. The number of aromatic amines is 1. The highest BCUT2D eigenvalue weighted by Crippen LogP contribution is 2.26. The van der Waals surface area contributed by atoms with E-state index in [-0.39, 0.29) is 0 Å². The van der Waals surface area contributed by atoms with Crippen LogP contribution in [-0.2, 0) is 6.54 Å². The molecule has 0 aliphatic heterocycles. The quantitative estimate of drug-likeness (QED) is 0.733. The van der Waals surface area contributed by atoms with Gasteiger partial charge >= 0.3 is 0 Å². The molecule has 2 aromatic heterocycles. The van der Waals surface area contributed by atoms with E-state index in [4.69, 9.17) is 4.42 Å². The molecular formula is C16H24N4O. The van der Waals surface area contributed by atoms with Crippen LogP contribution in [0, 0.1) is 6.92 Å². The van der Waals surface area contributed by atoms with Crippen molar-refractivity contribution >= 4 is 0 Å². The maximum Gasteiger partial charge on any atom is 0.152 e. The minimum Gasteiger partial charge on any atom is -0.460 e. The van der Waals surface area contributed by atoms with Gasteiger partial charge in [-0.25, -0.2) is 0 Å². The Morgan fingerprint density at radius 2 is 2.29 bits per heavy atom. The van der Waals surface area contributed by atoms with Gasteiger partial charge in [-0.3, -0.25) is 10.00 Å². The molecule has 3 rings (SSSR count). The molecule has 5 heteroatoms. The molecule has 0 radical (unpaired) electrons. The first-order chi connectivity index (χ1) is 10.3. The predicted octanol–water partition coefficient (Wildman–Crippen LogP) is 2.55. The number of rotatable bonds is 8. The second kappa shape index (κ2) is 6.45. The molecule has 1 aliphatic carbocycles. The molecule has 2 heterocycles. The Kier molecular flexibility index (Phi) is 4.41. The van der Waals surface area contributed by atoms with Crippen molar-refractivity contribution in [2.45, 2.75) is 39.3 Å². The van der Waals surface area contributed by atoms with E-state index in [0.29, 0.717) is 0 Å². The highest BCUT2D eigenvalue weighted by atomic mass is 16.3. The number of aromatic nitrogens is 2. The fourth-order valence-electron chi connectivity index (χ4n) is 2.71. The smallest absolute Gasteiger partial charge is 0.152 e. The Morgan fingerprint density at radius 3 is 2.95 bits per heavy atom. The number of nitrogens with zero attached hydrogens (tertiary/aromatic N) is 2. The van der Waals surface area contributed by atoms with Crippen molar-refractivity contribution in [3.8, 4) is 11.5 Å². The first-order valence-electron chi connectivity index (χ1n) is 7.81. The normalized spacial score (nSPS) is 15.0. The van der Waals surface area contributed by atoms with E-state index in [0.717, 1.165) is 55.0 Å². The van der Waals surface area contributed by atoms with Crippen molar-refractivity contribution in [1.29, 1.82) is 0 Å². The van der Waals surface area contributed by atoms with Crippen LogP contribution in [-0.4, -0.2) is 40.8 Å². The van der Waals surface area contributed by atoms with Gasteiger partial charge in [-0.1, -0.05) is 6.92 Å². The van der Waals surface area contributed by atoms with Gasteiger partial charge in [0, 0.05) is 31.2 Å². The van der Waals surface area contributed by atoms with E-state index in [9.17, 15) is 0 Å². The van der Waals surface area contributed by atoms with Gasteiger partial charge in [-0.2, -0.15) is 5.10 Å². The molecule has 0 saturated heterocycles. The summed E-state index contributed by atoms with van der Waals surface area (Å²) in [5, 5.41) is 10.7. The zero-order valence-electron chi connectivity index (χ0n) is 12.9. The third kappa shape index (κ3) is 3.54. The third-order valence-corrected chi connectivity index (χ3v) is 4.07. The summed E-state index contributed by atoms with van der Waals surface area (Å²) in [5.74, 6) is 1.77. The lowest BCUT2D eigenvalue weighted by atomic mass is 10.2. The molecular weight excluding hydrogens is 264 g/mol. The van der Waals surface area contributed by atoms with Crippen LogP contribution in [0.2, 0.25) is 0 Å². The molecule has 1 fully saturated rings. The van der Waals surface area contributed by atoms with Crippen LogP contribution in [0.4, 0.5) is 0 Å². The Bertz CT molecular complexity index is 570. The molecule has 114 valence electrons. The van der Waals surface area contributed by atoms with Crippen LogP contribution in [0.1, 0.15) is 31.1 Å². The molecule has 1 aliphatic rings. The molecule has 2 aromatic rings. The van der Waals surface area contributed by atoms with E-state index in [1.807, 2.05) is 25.3 Å². The zero-order valence-corrected chi connectivity index (χ0v) is 12.9. The first kappa shape index (κ1) is 14.4. The monoisotopic (exact) mass is 288 g/mol. The topological polar surface area (TPSA) is 57.1 Å². The molecule has 0 atom stereocenters. The lowest BCUT2D eigenvalue weighted by molar-refractivity contribution is 0.277. The van der Waals surface area contributed by atoms with Gasteiger partial charge in [0.1, 0.15) is 11.5 Å². The molecule has 0 bridgehead atoms. The van der Waals surface area contributed by atoms with Crippen molar-refractivity contribution in [1.82, 2.24) is 20.4 Å². The standard InChI is InChI=1S/C16H24N4O/c1-3-20(14-5-6-14)9-8-17-10-13-11-18-19-16(13)15-7-4-12(2)21-15/h4,7,11,14,17H,3,5-6,8-10H2,1-2H3,(H,18,19). The number of furan rings is 1. The molecule has 5 nitrogen and oxygen atoms in total. The number of likely N-dealkylation sites (N-methyl/N-ethyl adjacent to an activating group) is 1. The number of aryl methyl sites for hydroxylation is 1. The number of hydrogen-bond donors (Lipinski definition) is 2. The van der Waals surface area contributed by atoms with Crippen LogP contribution < -0.4 is 5.32 Å². The molecule has 0 aromatic carbocycles. The molecule has 1 saturated carbocycles. The van der Waals surface area contributed by atoms with Gasteiger partial charge in [0.05, 0.1) is 6.20 Å². The van der Waals surface area contributed by atoms with E-state index in [1.54, 1.807) is 0 Å². The van der Waals surface area contributed by atoms with E-state index < -0.39 is 0 Å². The van der Waals surface area contributed by atoms with Crippen LogP contribution in [0.5, 0.6) is 0 Å². The minimum atomic E-state index is 0.813. The summed E-state index contributed by atoms with van der Waals surface area (Å²) in [5.41, 5.74) is 2.13. The van der Waals surface area contributed by atoms with Crippen molar-refractivity contribution in [3.63, 3.8) is 0 Å². The Balaban J connectivity index is 1.50. The largest absolute Gasteiger partial charge is 0.460 e. The molecule has 21 heavy (non-hydrogen) atoms. The van der Waals surface area contributed by atoms with Gasteiger partial charge in [0.15, 0.2) is 5.76 Å². The molecule has 0 unspecified atom stereocenters. The van der Waals surface area contributed by atoms with Crippen molar-refractivity contribution < 1.29 is 4.42 Å². The van der Waals surface area contributed by atoms with Crippen LogP contribution in [0.15, 0.2) is 22.7 Å². The number of H-pyrrole nitrogens is 1. The predicted molar refractivity (Wildman–Crippen MR) is 83.0 cm³/mol. The maximum atomic E-state index is 5.66. The highest BCUT2D eigenvalue weighted by Gasteiger charge is 2.27. The lowest BCUT2D eigenvalue weighted by Gasteiger charge is -2.19. The summed E-state index contributed by atoms with van der Waals surface area (Å²) in [6, 6.07) is 4.80. The third-order valence-electron chi connectivity index (χ3n) is 4.07. The van der Waals surface area contributed by atoms with Gasteiger partial charge in [0.2, 0.25) is 0 Å². The van der Waals surface area contributed by atoms with Gasteiger partial charge < -0.3 is 9.73 Å². The summed E-state index contributed by atoms with van der Waals surface area (Å²) in [7, 11) is 0. The van der Waals surface area contributed by atoms with Crippen molar-refractivity contribution in [2.75, 3.05) is 19.6 Å². The summed E-state index contributed by atoms with van der Waals surface area (Å²) in [6.45, 7) is 8.28. The summed E-state index contributed by atoms with van der Waals surface area (Å²) >= 11 is 0. The highest BCUT2D eigenvalue weighted by molar-refractivity contribution is 5.56. The average Bonchev–Trinajstić information content (AvgIpc) is 3.06. The Hall–Kier alpha value is -1.59. The Morgan fingerprint density at radius 1 is 1.43 bits per heavy atom. The van der Waals surface area contributed by atoms with E-state index >= 15 is 0 Å². The van der Waals surface area contributed by atoms with Crippen LogP contribution >= 0.6 is 0 Å². The molecule has 0 spiro atoms. The number of nitrogens with one attached hydrogen (secondary N) is 2. The average molecular weight is 288 g/mol.